The summed E-state index contributed by atoms with van der Waals surface area (Å²) in [6, 6.07) is 13.4. The molecule has 1 aromatic heterocycles. The van der Waals surface area contributed by atoms with E-state index in [1.54, 1.807) is 17.4 Å². The molecule has 0 aliphatic heterocycles. The third-order valence-electron chi connectivity index (χ3n) is 4.47. The van der Waals surface area contributed by atoms with Crippen molar-refractivity contribution in [2.75, 3.05) is 0 Å². The lowest BCUT2D eigenvalue weighted by Gasteiger charge is -2.02. The molecule has 4 aromatic carbocycles. The van der Waals surface area contributed by atoms with Crippen molar-refractivity contribution in [1.29, 1.82) is 0 Å². The smallest absolute Gasteiger partial charge is 0.159 e. The van der Waals surface area contributed by atoms with E-state index in [0.717, 1.165) is 30.9 Å². The largest absolute Gasteiger partial charge is 0.206 e. The molecule has 0 unspecified atom stereocenters. The van der Waals surface area contributed by atoms with E-state index in [-0.39, 0.29) is 5.82 Å². The average Bonchev–Trinajstić information content (AvgIpc) is 2.90. The van der Waals surface area contributed by atoms with Crippen LogP contribution in [0.4, 0.5) is 13.2 Å². The summed E-state index contributed by atoms with van der Waals surface area (Å²) in [5.41, 5.74) is 0. The normalized spacial score (nSPS) is 12.0. The molecule has 0 saturated heterocycles. The lowest BCUT2D eigenvalue weighted by atomic mass is 10.0. The summed E-state index contributed by atoms with van der Waals surface area (Å²) in [5.74, 6) is -2.02. The van der Waals surface area contributed by atoms with Crippen LogP contribution in [0.25, 0.3) is 41.7 Å². The van der Waals surface area contributed by atoms with Crippen molar-refractivity contribution < 1.29 is 13.2 Å². The molecule has 122 valence electrons. The molecule has 0 bridgehead atoms. The Balaban J connectivity index is 1.92. The molecule has 5 heteroatoms. The van der Waals surface area contributed by atoms with Gasteiger partial charge in [-0.3, -0.25) is 0 Å². The number of thiophene rings is 1. The molecule has 0 aliphatic carbocycles. The monoisotopic (exact) mass is 416 g/mol. The predicted molar refractivity (Wildman–Crippen MR) is 102 cm³/mol. The molecule has 5 aromatic rings. The number of fused-ring (bicyclic) bond motifs is 5. The molecule has 0 saturated carbocycles. The Labute approximate surface area is 152 Å². The standard InChI is InChI=1S/C20H8BrF3S/c21-15-3-11-7-19-13(1-9(11)4-16(15)22)14-2-10-5-17(23)18(24)6-12(10)8-20(14)25-19/h1-8H. The fraction of sp³-hybridized carbons (Fsp3) is 0. The summed E-state index contributed by atoms with van der Waals surface area (Å²) in [6.45, 7) is 0. The van der Waals surface area contributed by atoms with Crippen molar-refractivity contribution in [2.45, 2.75) is 0 Å². The Kier molecular flexibility index (Phi) is 3.15. The summed E-state index contributed by atoms with van der Waals surface area (Å²) >= 11 is 4.80. The minimum Gasteiger partial charge on any atom is -0.206 e. The molecule has 25 heavy (non-hydrogen) atoms. The lowest BCUT2D eigenvalue weighted by Crippen LogP contribution is -1.84. The molecule has 0 spiro atoms. The van der Waals surface area contributed by atoms with Crippen molar-refractivity contribution in [3.05, 3.63) is 70.5 Å². The molecule has 0 aliphatic rings. The van der Waals surface area contributed by atoms with E-state index in [0.29, 0.717) is 15.2 Å². The third-order valence-corrected chi connectivity index (χ3v) is 6.19. The minimum atomic E-state index is -0.858. The zero-order chi connectivity index (χ0) is 17.3. The quantitative estimate of drug-likeness (QED) is 0.244. The Morgan fingerprint density at radius 3 is 1.56 bits per heavy atom. The highest BCUT2D eigenvalue weighted by Gasteiger charge is 2.11. The molecule has 0 N–H and O–H groups in total. The van der Waals surface area contributed by atoms with Gasteiger partial charge in [-0.15, -0.1) is 11.3 Å². The minimum absolute atomic E-state index is 0.311. The zero-order valence-electron chi connectivity index (χ0n) is 12.5. The fourth-order valence-corrected chi connectivity index (χ4v) is 4.78. The van der Waals surface area contributed by atoms with Gasteiger partial charge < -0.3 is 0 Å². The summed E-state index contributed by atoms with van der Waals surface area (Å²) in [7, 11) is 0. The summed E-state index contributed by atoms with van der Waals surface area (Å²) < 4.78 is 43.4. The van der Waals surface area contributed by atoms with Crippen LogP contribution in [0, 0.1) is 17.5 Å². The van der Waals surface area contributed by atoms with Crippen LogP contribution in [-0.2, 0) is 0 Å². The van der Waals surface area contributed by atoms with Gasteiger partial charge in [-0.05, 0) is 86.0 Å². The molecule has 0 atom stereocenters. The van der Waals surface area contributed by atoms with E-state index < -0.39 is 11.6 Å². The van der Waals surface area contributed by atoms with Crippen LogP contribution in [0.5, 0.6) is 0 Å². The molecule has 0 amide bonds. The van der Waals surface area contributed by atoms with Gasteiger partial charge in [-0.2, -0.15) is 0 Å². The highest BCUT2D eigenvalue weighted by Crippen LogP contribution is 2.39. The highest BCUT2D eigenvalue weighted by molar-refractivity contribution is 9.10. The fourth-order valence-electron chi connectivity index (χ4n) is 3.25. The van der Waals surface area contributed by atoms with Crippen molar-refractivity contribution in [3.63, 3.8) is 0 Å². The van der Waals surface area contributed by atoms with Crippen LogP contribution in [-0.4, -0.2) is 0 Å². The van der Waals surface area contributed by atoms with Crippen molar-refractivity contribution in [1.82, 2.24) is 0 Å². The third kappa shape index (κ3) is 2.26. The first-order chi connectivity index (χ1) is 12.0. The van der Waals surface area contributed by atoms with Gasteiger partial charge in [-0.1, -0.05) is 0 Å². The van der Waals surface area contributed by atoms with E-state index in [1.807, 2.05) is 24.3 Å². The van der Waals surface area contributed by atoms with Crippen LogP contribution in [0.2, 0.25) is 0 Å². The number of benzene rings is 4. The Bertz CT molecular complexity index is 1240. The van der Waals surface area contributed by atoms with E-state index in [4.69, 9.17) is 0 Å². The molecular formula is C20H8BrF3S. The maximum atomic E-state index is 13.9. The van der Waals surface area contributed by atoms with Crippen LogP contribution in [0.15, 0.2) is 53.0 Å². The van der Waals surface area contributed by atoms with E-state index >= 15 is 0 Å². The molecule has 0 radical (unpaired) electrons. The second-order valence-corrected chi connectivity index (χ2v) is 7.96. The maximum absolute atomic E-state index is 13.9. The Morgan fingerprint density at radius 1 is 0.560 bits per heavy atom. The molecule has 1 heterocycles. The van der Waals surface area contributed by atoms with E-state index in [2.05, 4.69) is 15.9 Å². The molecule has 0 fully saturated rings. The first kappa shape index (κ1) is 15.2. The number of rotatable bonds is 0. The number of hydrogen-bond acceptors (Lipinski definition) is 1. The van der Waals surface area contributed by atoms with E-state index in [1.165, 1.54) is 18.2 Å². The zero-order valence-corrected chi connectivity index (χ0v) is 14.9. The van der Waals surface area contributed by atoms with Gasteiger partial charge in [0.05, 0.1) is 4.47 Å². The van der Waals surface area contributed by atoms with Gasteiger partial charge in [0.1, 0.15) is 5.82 Å². The van der Waals surface area contributed by atoms with Gasteiger partial charge in [-0.25, -0.2) is 13.2 Å². The van der Waals surface area contributed by atoms with Crippen molar-refractivity contribution in [2.24, 2.45) is 0 Å². The van der Waals surface area contributed by atoms with E-state index in [9.17, 15) is 13.2 Å². The van der Waals surface area contributed by atoms with Gasteiger partial charge in [0.25, 0.3) is 0 Å². The van der Waals surface area contributed by atoms with Crippen molar-refractivity contribution >= 4 is 69.0 Å². The van der Waals surface area contributed by atoms with Crippen LogP contribution in [0.3, 0.4) is 0 Å². The highest BCUT2D eigenvalue weighted by atomic mass is 79.9. The van der Waals surface area contributed by atoms with Gasteiger partial charge in [0.2, 0.25) is 0 Å². The first-order valence-corrected chi connectivity index (χ1v) is 9.14. The lowest BCUT2D eigenvalue weighted by molar-refractivity contribution is 0.511. The number of halogens is 4. The second kappa shape index (κ2) is 5.19. The van der Waals surface area contributed by atoms with Gasteiger partial charge in [0, 0.05) is 20.2 Å². The Morgan fingerprint density at radius 2 is 1.00 bits per heavy atom. The number of hydrogen-bond donors (Lipinski definition) is 0. The first-order valence-electron chi connectivity index (χ1n) is 7.53. The predicted octanol–water partition coefficient (Wildman–Crippen LogP) is 7.54. The van der Waals surface area contributed by atoms with Gasteiger partial charge >= 0.3 is 0 Å². The SMILES string of the molecule is Fc1cc2cc3sc4cc5cc(Br)c(F)cc5cc4c3cc2cc1F. The average molecular weight is 417 g/mol. The van der Waals surface area contributed by atoms with Crippen molar-refractivity contribution in [3.8, 4) is 0 Å². The molecule has 5 rings (SSSR count). The molecule has 0 nitrogen and oxygen atoms in total. The summed E-state index contributed by atoms with van der Waals surface area (Å²) in [5, 5.41) is 5.00. The van der Waals surface area contributed by atoms with Crippen LogP contribution in [0.1, 0.15) is 0 Å². The van der Waals surface area contributed by atoms with Gasteiger partial charge in [0.15, 0.2) is 11.6 Å². The second-order valence-electron chi connectivity index (χ2n) is 6.03. The molecular weight excluding hydrogens is 409 g/mol. The maximum Gasteiger partial charge on any atom is 0.159 e. The van der Waals surface area contributed by atoms with Crippen LogP contribution < -0.4 is 0 Å². The summed E-state index contributed by atoms with van der Waals surface area (Å²) in [6.07, 6.45) is 0. The summed E-state index contributed by atoms with van der Waals surface area (Å²) in [4.78, 5) is 0. The Hall–Kier alpha value is -2.11. The van der Waals surface area contributed by atoms with Crippen LogP contribution >= 0.6 is 27.3 Å². The topological polar surface area (TPSA) is 0 Å².